The first-order valence-corrected chi connectivity index (χ1v) is 8.10. The molecule has 2 aliphatic rings. The molecule has 3 atom stereocenters. The van der Waals surface area contributed by atoms with Crippen molar-refractivity contribution in [1.82, 2.24) is 4.98 Å². The minimum absolute atomic E-state index is 0.00457. The van der Waals surface area contributed by atoms with E-state index in [1.165, 1.54) is 18.0 Å². The van der Waals surface area contributed by atoms with E-state index < -0.39 is 4.92 Å². The van der Waals surface area contributed by atoms with Gasteiger partial charge in [-0.15, -0.1) is 0 Å². The van der Waals surface area contributed by atoms with Gasteiger partial charge in [-0.05, 0) is 29.7 Å². The molecule has 1 saturated carbocycles. The van der Waals surface area contributed by atoms with E-state index in [4.69, 9.17) is 11.6 Å². The number of pyridine rings is 1. The maximum Gasteiger partial charge on any atom is 0.312 e. The second-order valence-corrected chi connectivity index (χ2v) is 6.74. The third kappa shape index (κ3) is 2.36. The summed E-state index contributed by atoms with van der Waals surface area (Å²) >= 11 is 6.21. The van der Waals surface area contributed by atoms with Crippen LogP contribution in [0.4, 0.5) is 11.4 Å². The Labute approximate surface area is 139 Å². The Morgan fingerprint density at radius 1 is 1.22 bits per heavy atom. The lowest BCUT2D eigenvalue weighted by atomic mass is 9.64. The molecule has 5 nitrogen and oxygen atoms in total. The van der Waals surface area contributed by atoms with Crippen LogP contribution in [0.25, 0.3) is 0 Å². The Kier molecular flexibility index (Phi) is 3.45. The van der Waals surface area contributed by atoms with Gasteiger partial charge in [0.1, 0.15) is 11.9 Å². The van der Waals surface area contributed by atoms with Gasteiger partial charge in [0.25, 0.3) is 0 Å². The van der Waals surface area contributed by atoms with Crippen molar-refractivity contribution in [2.24, 2.45) is 11.8 Å². The van der Waals surface area contributed by atoms with Crippen LogP contribution in [0.3, 0.4) is 0 Å². The maximum absolute atomic E-state index is 11.3. The number of hydrogen-bond acceptors (Lipinski definition) is 4. The lowest BCUT2D eigenvalue weighted by Gasteiger charge is -2.39. The molecule has 2 heterocycles. The van der Waals surface area contributed by atoms with Gasteiger partial charge >= 0.3 is 5.69 Å². The molecule has 1 aliphatic carbocycles. The minimum atomic E-state index is -0.400. The van der Waals surface area contributed by atoms with E-state index in [0.717, 1.165) is 19.5 Å². The van der Waals surface area contributed by atoms with Crippen LogP contribution in [-0.2, 0) is 0 Å². The molecule has 6 heteroatoms. The van der Waals surface area contributed by atoms with Crippen molar-refractivity contribution < 1.29 is 4.92 Å². The van der Waals surface area contributed by atoms with Gasteiger partial charge in [-0.2, -0.15) is 0 Å². The largest absolute Gasteiger partial charge is 0.364 e. The second-order valence-electron chi connectivity index (χ2n) is 6.33. The van der Waals surface area contributed by atoms with Crippen LogP contribution in [0, 0.1) is 22.0 Å². The Morgan fingerprint density at radius 3 is 2.74 bits per heavy atom. The smallest absolute Gasteiger partial charge is 0.312 e. The van der Waals surface area contributed by atoms with Crippen molar-refractivity contribution in [3.8, 4) is 0 Å². The fourth-order valence-electron chi connectivity index (χ4n) is 4.04. The average Bonchev–Trinajstić information content (AvgIpc) is 2.85. The molecular weight excluding hydrogens is 314 g/mol. The van der Waals surface area contributed by atoms with Crippen LogP contribution in [0.1, 0.15) is 17.9 Å². The van der Waals surface area contributed by atoms with Crippen molar-refractivity contribution in [3.63, 3.8) is 0 Å². The molecule has 1 aromatic heterocycles. The van der Waals surface area contributed by atoms with Crippen molar-refractivity contribution in [2.45, 2.75) is 12.3 Å². The fourth-order valence-corrected chi connectivity index (χ4v) is 4.31. The van der Waals surface area contributed by atoms with E-state index in [1.807, 2.05) is 6.07 Å². The molecule has 0 radical (unpaired) electrons. The van der Waals surface area contributed by atoms with Crippen molar-refractivity contribution >= 4 is 23.0 Å². The van der Waals surface area contributed by atoms with Gasteiger partial charge in [0.05, 0.1) is 9.95 Å². The first-order valence-electron chi connectivity index (χ1n) is 7.73. The summed E-state index contributed by atoms with van der Waals surface area (Å²) in [6.07, 6.45) is 3.91. The topological polar surface area (TPSA) is 59.3 Å². The highest BCUT2D eigenvalue weighted by molar-refractivity contribution is 6.33. The number of benzene rings is 1. The zero-order chi connectivity index (χ0) is 16.0. The molecule has 0 amide bonds. The van der Waals surface area contributed by atoms with Crippen molar-refractivity contribution in [2.75, 3.05) is 18.0 Å². The number of nitrogens with zero attached hydrogens (tertiary/aromatic N) is 3. The lowest BCUT2D eigenvalue weighted by molar-refractivity contribution is -0.384. The predicted molar refractivity (Wildman–Crippen MR) is 88.9 cm³/mol. The first kappa shape index (κ1) is 14.5. The predicted octanol–water partition coefficient (Wildman–Crippen LogP) is 3.88. The molecule has 23 heavy (non-hydrogen) atoms. The zero-order valence-electron chi connectivity index (χ0n) is 12.4. The summed E-state index contributed by atoms with van der Waals surface area (Å²) in [6, 6.07) is 10.5. The number of halogens is 1. The average molecular weight is 330 g/mol. The molecule has 118 valence electrons. The summed E-state index contributed by atoms with van der Waals surface area (Å²) in [4.78, 5) is 16.8. The number of anilines is 1. The first-order chi connectivity index (χ1) is 11.1. The van der Waals surface area contributed by atoms with E-state index in [2.05, 4.69) is 34.1 Å². The van der Waals surface area contributed by atoms with Crippen molar-refractivity contribution in [3.05, 3.63) is 63.4 Å². The van der Waals surface area contributed by atoms with E-state index in [9.17, 15) is 10.1 Å². The summed E-state index contributed by atoms with van der Waals surface area (Å²) in [5.74, 6) is 1.68. The lowest BCUT2D eigenvalue weighted by Crippen LogP contribution is -2.33. The number of nitro groups is 1. The molecule has 1 aromatic carbocycles. The molecule has 2 fully saturated rings. The Morgan fingerprint density at radius 2 is 2.00 bits per heavy atom. The van der Waals surface area contributed by atoms with Crippen molar-refractivity contribution in [1.29, 1.82) is 0 Å². The molecule has 1 saturated heterocycles. The SMILES string of the molecule is O=[N+]([O-])c1cncc(Cl)c1N1C[C@@H]2C[C@@H](c3ccccc3)[C@@H]2C1. The summed E-state index contributed by atoms with van der Waals surface area (Å²) in [5, 5.41) is 11.6. The highest BCUT2D eigenvalue weighted by Gasteiger charge is 2.48. The Balaban J connectivity index is 1.60. The van der Waals surface area contributed by atoms with Crippen LogP contribution >= 0.6 is 11.6 Å². The van der Waals surface area contributed by atoms with Crippen LogP contribution < -0.4 is 4.90 Å². The molecular formula is C17H16ClN3O2. The van der Waals surface area contributed by atoms with Gasteiger partial charge in [-0.3, -0.25) is 15.1 Å². The van der Waals surface area contributed by atoms with Crippen LogP contribution in [0.2, 0.25) is 5.02 Å². The van der Waals surface area contributed by atoms with Crippen LogP contribution in [-0.4, -0.2) is 23.0 Å². The second kappa shape index (κ2) is 5.49. The normalized spacial score (nSPS) is 25.8. The van der Waals surface area contributed by atoms with E-state index in [-0.39, 0.29) is 5.69 Å². The van der Waals surface area contributed by atoms with Gasteiger partial charge in [-0.1, -0.05) is 41.9 Å². The van der Waals surface area contributed by atoms with Gasteiger partial charge in [-0.25, -0.2) is 0 Å². The standard InChI is InChI=1S/C17H16ClN3O2/c18-15-7-19-8-16(21(22)23)17(15)20-9-12-6-13(14(12)10-20)11-4-2-1-3-5-11/h1-5,7-8,12-14H,6,9-10H2/t12-,13-,14+/m0/s1. The summed E-state index contributed by atoms with van der Waals surface area (Å²) in [6.45, 7) is 1.65. The van der Waals surface area contributed by atoms with E-state index >= 15 is 0 Å². The minimum Gasteiger partial charge on any atom is -0.364 e. The number of fused-ring (bicyclic) bond motifs is 1. The highest BCUT2D eigenvalue weighted by Crippen LogP contribution is 2.53. The third-order valence-corrected chi connectivity index (χ3v) is 5.44. The number of aromatic nitrogens is 1. The number of hydrogen-bond donors (Lipinski definition) is 0. The fraction of sp³-hybridized carbons (Fsp3) is 0.353. The third-order valence-electron chi connectivity index (χ3n) is 5.16. The molecule has 2 aromatic rings. The monoisotopic (exact) mass is 329 g/mol. The Bertz CT molecular complexity index is 753. The van der Waals surface area contributed by atoms with Gasteiger partial charge < -0.3 is 4.90 Å². The zero-order valence-corrected chi connectivity index (χ0v) is 13.2. The summed E-state index contributed by atoms with van der Waals surface area (Å²) in [7, 11) is 0. The van der Waals surface area contributed by atoms with Crippen LogP contribution in [0.15, 0.2) is 42.7 Å². The van der Waals surface area contributed by atoms with E-state index in [0.29, 0.717) is 28.5 Å². The van der Waals surface area contributed by atoms with Crippen LogP contribution in [0.5, 0.6) is 0 Å². The number of rotatable bonds is 3. The quantitative estimate of drug-likeness (QED) is 0.633. The molecule has 4 rings (SSSR count). The maximum atomic E-state index is 11.3. The molecule has 1 aliphatic heterocycles. The highest BCUT2D eigenvalue weighted by atomic mass is 35.5. The molecule has 0 unspecified atom stereocenters. The molecule has 0 spiro atoms. The van der Waals surface area contributed by atoms with Gasteiger partial charge in [0.15, 0.2) is 0 Å². The molecule has 0 bridgehead atoms. The Hall–Kier alpha value is -2.14. The molecule has 0 N–H and O–H groups in total. The summed E-state index contributed by atoms with van der Waals surface area (Å²) in [5.41, 5.74) is 1.88. The van der Waals surface area contributed by atoms with Gasteiger partial charge in [0.2, 0.25) is 0 Å². The summed E-state index contributed by atoms with van der Waals surface area (Å²) < 4.78 is 0. The van der Waals surface area contributed by atoms with Gasteiger partial charge in [0, 0.05) is 19.3 Å². The van der Waals surface area contributed by atoms with E-state index in [1.54, 1.807) is 0 Å².